The van der Waals surface area contributed by atoms with Gasteiger partial charge in [0.15, 0.2) is 0 Å². The van der Waals surface area contributed by atoms with Crippen molar-refractivity contribution >= 4 is 17.3 Å². The molecule has 3 nitrogen and oxygen atoms in total. The molecule has 0 atom stereocenters. The van der Waals surface area contributed by atoms with Gasteiger partial charge in [0.05, 0.1) is 13.3 Å². The van der Waals surface area contributed by atoms with Gasteiger partial charge in [-0.1, -0.05) is 45.0 Å². The summed E-state index contributed by atoms with van der Waals surface area (Å²) in [6, 6.07) is 8.30. The molecule has 0 spiro atoms. The summed E-state index contributed by atoms with van der Waals surface area (Å²) in [7, 11) is 1.37. The smallest absolute Gasteiger partial charge is 0.349 e. The molecule has 0 unspecified atom stereocenters. The summed E-state index contributed by atoms with van der Waals surface area (Å²) in [5, 5.41) is 0.834. The van der Waals surface area contributed by atoms with Crippen LogP contribution >= 0.6 is 11.3 Å². The Morgan fingerprint density at radius 1 is 1.21 bits per heavy atom. The van der Waals surface area contributed by atoms with Crippen LogP contribution in [0.15, 0.2) is 30.5 Å². The van der Waals surface area contributed by atoms with Gasteiger partial charge in [-0.15, -0.1) is 11.3 Å². The zero-order chi connectivity index (χ0) is 14.0. The SMILES string of the molecule is COC(=O)c1cnc(-c2ccc(C(C)(C)C)cc2)s1. The highest BCUT2D eigenvalue weighted by Crippen LogP contribution is 2.28. The number of esters is 1. The van der Waals surface area contributed by atoms with Crippen molar-refractivity contribution in [1.29, 1.82) is 0 Å². The van der Waals surface area contributed by atoms with E-state index in [-0.39, 0.29) is 11.4 Å². The highest BCUT2D eigenvalue weighted by Gasteiger charge is 2.15. The van der Waals surface area contributed by atoms with Gasteiger partial charge in [-0.05, 0) is 11.0 Å². The molecule has 0 fully saturated rings. The van der Waals surface area contributed by atoms with Gasteiger partial charge < -0.3 is 4.74 Å². The predicted octanol–water partition coefficient (Wildman–Crippen LogP) is 3.89. The van der Waals surface area contributed by atoms with E-state index in [1.54, 1.807) is 6.20 Å². The van der Waals surface area contributed by atoms with Crippen molar-refractivity contribution in [3.8, 4) is 10.6 Å². The molecule has 0 aliphatic heterocycles. The Hall–Kier alpha value is -1.68. The van der Waals surface area contributed by atoms with E-state index in [2.05, 4.69) is 42.6 Å². The van der Waals surface area contributed by atoms with Crippen LogP contribution < -0.4 is 0 Å². The van der Waals surface area contributed by atoms with Gasteiger partial charge >= 0.3 is 5.97 Å². The molecule has 4 heteroatoms. The van der Waals surface area contributed by atoms with Gasteiger partial charge in [0.2, 0.25) is 0 Å². The number of rotatable bonds is 2. The molecule has 2 rings (SSSR count). The highest BCUT2D eigenvalue weighted by molar-refractivity contribution is 7.16. The van der Waals surface area contributed by atoms with Gasteiger partial charge in [0.1, 0.15) is 9.88 Å². The summed E-state index contributed by atoms with van der Waals surface area (Å²) in [4.78, 5) is 16.2. The van der Waals surface area contributed by atoms with Crippen molar-refractivity contribution in [2.45, 2.75) is 26.2 Å². The maximum absolute atomic E-state index is 11.4. The Morgan fingerprint density at radius 2 is 1.84 bits per heavy atom. The summed E-state index contributed by atoms with van der Waals surface area (Å²) in [6.45, 7) is 6.54. The summed E-state index contributed by atoms with van der Waals surface area (Å²) < 4.78 is 4.68. The molecule has 1 aromatic carbocycles. The Bertz CT molecular complexity index is 579. The largest absolute Gasteiger partial charge is 0.465 e. The fourth-order valence-electron chi connectivity index (χ4n) is 1.72. The topological polar surface area (TPSA) is 39.2 Å². The van der Waals surface area contributed by atoms with Crippen LogP contribution in [0.1, 0.15) is 36.0 Å². The fraction of sp³-hybridized carbons (Fsp3) is 0.333. The minimum atomic E-state index is -0.338. The lowest BCUT2D eigenvalue weighted by Gasteiger charge is -2.18. The maximum Gasteiger partial charge on any atom is 0.349 e. The third-order valence-corrected chi connectivity index (χ3v) is 3.92. The van der Waals surface area contributed by atoms with E-state index in [9.17, 15) is 4.79 Å². The summed E-state index contributed by atoms with van der Waals surface area (Å²) in [5.74, 6) is -0.338. The first-order valence-electron chi connectivity index (χ1n) is 6.07. The lowest BCUT2D eigenvalue weighted by atomic mass is 9.87. The second-order valence-electron chi connectivity index (χ2n) is 5.35. The molecule has 2 aromatic rings. The van der Waals surface area contributed by atoms with E-state index < -0.39 is 0 Å². The molecule has 0 N–H and O–H groups in total. The van der Waals surface area contributed by atoms with Crippen LogP contribution in [0.25, 0.3) is 10.6 Å². The number of benzene rings is 1. The average molecular weight is 275 g/mol. The van der Waals surface area contributed by atoms with Crippen molar-refractivity contribution in [3.63, 3.8) is 0 Å². The zero-order valence-electron chi connectivity index (χ0n) is 11.6. The standard InChI is InChI=1S/C15H17NO2S/c1-15(2,3)11-7-5-10(6-8-11)13-16-9-12(19-13)14(17)18-4/h5-9H,1-4H3. The molecule has 0 aliphatic rings. The van der Waals surface area contributed by atoms with Crippen LogP contribution in [0.5, 0.6) is 0 Å². The molecule has 0 aliphatic carbocycles. The van der Waals surface area contributed by atoms with E-state index in [4.69, 9.17) is 0 Å². The Kier molecular flexibility index (Phi) is 3.71. The van der Waals surface area contributed by atoms with Crippen LogP contribution in [0.4, 0.5) is 0 Å². The highest BCUT2D eigenvalue weighted by atomic mass is 32.1. The van der Waals surface area contributed by atoms with Gasteiger partial charge in [0.25, 0.3) is 0 Å². The first kappa shape index (κ1) is 13.7. The van der Waals surface area contributed by atoms with Crippen molar-refractivity contribution in [1.82, 2.24) is 4.98 Å². The summed E-state index contributed by atoms with van der Waals surface area (Å²) >= 11 is 1.35. The third-order valence-electron chi connectivity index (χ3n) is 2.89. The molecule has 0 radical (unpaired) electrons. The number of methoxy groups -OCH3 is 1. The lowest BCUT2D eigenvalue weighted by molar-refractivity contribution is 0.0606. The molecule has 100 valence electrons. The fourth-order valence-corrected chi connectivity index (χ4v) is 2.56. The van der Waals surface area contributed by atoms with E-state index in [0.717, 1.165) is 10.6 Å². The number of hydrogen-bond donors (Lipinski definition) is 0. The summed E-state index contributed by atoms with van der Waals surface area (Å²) in [6.07, 6.45) is 1.56. The molecule has 1 aromatic heterocycles. The molecule has 0 amide bonds. The first-order valence-corrected chi connectivity index (χ1v) is 6.88. The maximum atomic E-state index is 11.4. The van der Waals surface area contributed by atoms with Gasteiger partial charge in [0, 0.05) is 5.56 Å². The van der Waals surface area contributed by atoms with Gasteiger partial charge in [-0.3, -0.25) is 0 Å². The third kappa shape index (κ3) is 3.01. The van der Waals surface area contributed by atoms with Crippen LogP contribution in [0.2, 0.25) is 0 Å². The van der Waals surface area contributed by atoms with Crippen LogP contribution in [0.3, 0.4) is 0 Å². The van der Waals surface area contributed by atoms with Crippen molar-refractivity contribution < 1.29 is 9.53 Å². The quantitative estimate of drug-likeness (QED) is 0.780. The number of carbonyl (C=O) groups is 1. The number of aromatic nitrogens is 1. The van der Waals surface area contributed by atoms with Crippen molar-refractivity contribution in [3.05, 3.63) is 40.9 Å². The minimum absolute atomic E-state index is 0.137. The van der Waals surface area contributed by atoms with Crippen molar-refractivity contribution in [2.75, 3.05) is 7.11 Å². The number of thiazole rings is 1. The summed E-state index contributed by atoms with van der Waals surface area (Å²) in [5.41, 5.74) is 2.44. The van der Waals surface area contributed by atoms with E-state index in [1.807, 2.05) is 12.1 Å². The molecule has 0 saturated carbocycles. The zero-order valence-corrected chi connectivity index (χ0v) is 12.4. The van der Waals surface area contributed by atoms with E-state index >= 15 is 0 Å². The molecular weight excluding hydrogens is 258 g/mol. The number of carbonyl (C=O) groups excluding carboxylic acids is 1. The monoisotopic (exact) mass is 275 g/mol. The van der Waals surface area contributed by atoms with Crippen molar-refractivity contribution in [2.24, 2.45) is 0 Å². The predicted molar refractivity (Wildman–Crippen MR) is 77.6 cm³/mol. The van der Waals surface area contributed by atoms with Crippen LogP contribution in [0, 0.1) is 0 Å². The number of ether oxygens (including phenoxy) is 1. The Balaban J connectivity index is 2.28. The number of nitrogens with zero attached hydrogens (tertiary/aromatic N) is 1. The van der Waals surface area contributed by atoms with E-state index in [1.165, 1.54) is 24.0 Å². The van der Waals surface area contributed by atoms with Gasteiger partial charge in [-0.2, -0.15) is 0 Å². The minimum Gasteiger partial charge on any atom is -0.465 e. The Morgan fingerprint density at radius 3 is 2.37 bits per heavy atom. The molecule has 0 bridgehead atoms. The molecule has 0 saturated heterocycles. The van der Waals surface area contributed by atoms with Crippen LogP contribution in [-0.4, -0.2) is 18.1 Å². The number of hydrogen-bond acceptors (Lipinski definition) is 4. The second kappa shape index (κ2) is 5.13. The van der Waals surface area contributed by atoms with Gasteiger partial charge in [-0.25, -0.2) is 9.78 Å². The molecular formula is C15H17NO2S. The normalized spacial score (nSPS) is 11.4. The van der Waals surface area contributed by atoms with E-state index in [0.29, 0.717) is 4.88 Å². The average Bonchev–Trinajstić information content (AvgIpc) is 2.86. The lowest BCUT2D eigenvalue weighted by Crippen LogP contribution is -2.10. The molecule has 1 heterocycles. The second-order valence-corrected chi connectivity index (χ2v) is 6.38. The Labute approximate surface area is 117 Å². The van der Waals surface area contributed by atoms with Crippen LogP contribution in [-0.2, 0) is 10.2 Å². The first-order chi connectivity index (χ1) is 8.91. The molecule has 19 heavy (non-hydrogen) atoms.